The van der Waals surface area contributed by atoms with Gasteiger partial charge < -0.3 is 9.47 Å². The van der Waals surface area contributed by atoms with Crippen LogP contribution < -0.4 is 25.4 Å². The smallest absolute Gasteiger partial charge is 0.343 e. The molecule has 0 aromatic heterocycles. The Labute approximate surface area is 243 Å². The van der Waals surface area contributed by atoms with Crippen LogP contribution in [0.4, 0.5) is 0 Å². The summed E-state index contributed by atoms with van der Waals surface area (Å²) < 4.78 is 11.9. The van der Waals surface area contributed by atoms with Crippen LogP contribution in [0, 0.1) is 0 Å². The molecule has 0 fully saturated rings. The third-order valence-corrected chi connectivity index (χ3v) is 11.7. The molecule has 0 N–H and O–H groups in total. The van der Waals surface area contributed by atoms with Crippen LogP contribution in [0.3, 0.4) is 0 Å². The van der Waals surface area contributed by atoms with Crippen molar-refractivity contribution in [2.24, 2.45) is 0 Å². The Bertz CT molecular complexity index is 1510. The predicted octanol–water partition coefficient (Wildman–Crippen LogP) is 6.85. The maximum absolute atomic E-state index is 14.4. The topological polar surface area (TPSA) is 52.6 Å². The molecule has 0 atom stereocenters. The van der Waals surface area contributed by atoms with E-state index < -0.39 is 13.2 Å². The lowest BCUT2D eigenvalue weighted by Crippen LogP contribution is -2.35. The van der Waals surface area contributed by atoms with E-state index >= 15 is 0 Å². The van der Waals surface area contributed by atoms with E-state index in [1.54, 1.807) is 36.4 Å². The van der Waals surface area contributed by atoms with Crippen molar-refractivity contribution in [3.63, 3.8) is 0 Å². The van der Waals surface area contributed by atoms with Crippen molar-refractivity contribution in [3.8, 4) is 11.5 Å². The normalized spacial score (nSPS) is 11.1. The van der Waals surface area contributed by atoms with Gasteiger partial charge in [-0.05, 0) is 70.5 Å². The molecular formula is C34H27BrO4P+. The average molecular weight is 610 g/mol. The van der Waals surface area contributed by atoms with Gasteiger partial charge in [0.1, 0.15) is 40.8 Å². The van der Waals surface area contributed by atoms with E-state index in [1.807, 2.05) is 60.7 Å². The fourth-order valence-corrected chi connectivity index (χ4v) is 9.39. The molecule has 0 aliphatic heterocycles. The van der Waals surface area contributed by atoms with Crippen LogP contribution in [-0.4, -0.2) is 25.0 Å². The molecule has 0 saturated carbocycles. The molecular weight excluding hydrogens is 583 g/mol. The predicted molar refractivity (Wildman–Crippen MR) is 166 cm³/mol. The third kappa shape index (κ3) is 5.62. The van der Waals surface area contributed by atoms with Gasteiger partial charge in [0.25, 0.3) is 0 Å². The highest BCUT2D eigenvalue weighted by Crippen LogP contribution is 2.56. The summed E-state index contributed by atoms with van der Waals surface area (Å²) in [6.45, 7) is 0. The molecule has 0 heterocycles. The fourth-order valence-electron chi connectivity index (χ4n) is 4.80. The summed E-state index contributed by atoms with van der Waals surface area (Å²) >= 11 is 3.53. The first kappa shape index (κ1) is 27.5. The number of carbonyl (C=O) groups excluding carboxylic acids is 2. The fraction of sp³-hybridized carbons (Fsp3) is 0.0588. The van der Waals surface area contributed by atoms with Crippen LogP contribution in [-0.2, 0) is 0 Å². The monoisotopic (exact) mass is 609 g/mol. The summed E-state index contributed by atoms with van der Waals surface area (Å²) in [5, 5.41) is 3.28. The maximum Gasteiger partial charge on any atom is 0.343 e. The minimum atomic E-state index is -2.46. The van der Waals surface area contributed by atoms with Crippen molar-refractivity contribution in [1.29, 1.82) is 0 Å². The molecule has 5 aromatic rings. The molecule has 6 heteroatoms. The van der Waals surface area contributed by atoms with Crippen molar-refractivity contribution < 1.29 is 19.1 Å². The lowest BCUT2D eigenvalue weighted by atomic mass is 10.1. The largest absolute Gasteiger partial charge is 0.495 e. The number of hydrogen-bond acceptors (Lipinski definition) is 4. The number of halogens is 1. The number of benzene rings is 5. The SMILES string of the molecule is COc1cc(OC(=O)c2ccccc2)c(C(=O)C[P+](c2ccccc2)(c2ccccc2)c2ccccc2)cc1Br. The standard InChI is InChI=1S/C34H27BrO4P/c1-38-33-23-32(39-34(37)25-14-6-2-7-15-25)29(22-30(33)35)31(36)24-40(26-16-8-3-9-17-26,27-18-10-4-11-19-27)28-20-12-5-13-21-28/h2-23H,24H2,1H3/q+1. The van der Waals surface area contributed by atoms with E-state index in [-0.39, 0.29) is 17.7 Å². The first-order valence-electron chi connectivity index (χ1n) is 12.8. The molecule has 0 spiro atoms. The molecule has 0 amide bonds. The van der Waals surface area contributed by atoms with Crippen LogP contribution in [0.15, 0.2) is 138 Å². The Morgan fingerprint density at radius 3 is 1.55 bits per heavy atom. The summed E-state index contributed by atoms with van der Waals surface area (Å²) in [7, 11) is -0.929. The number of ether oxygens (including phenoxy) is 2. The molecule has 5 rings (SSSR count). The number of hydrogen-bond donors (Lipinski definition) is 0. The van der Waals surface area contributed by atoms with Gasteiger partial charge in [-0.1, -0.05) is 72.8 Å². The minimum absolute atomic E-state index is 0.135. The van der Waals surface area contributed by atoms with Crippen molar-refractivity contribution in [1.82, 2.24) is 0 Å². The Hall–Kier alpha value is -4.05. The summed E-state index contributed by atoms with van der Waals surface area (Å²) in [6.07, 6.45) is 0.208. The zero-order valence-corrected chi connectivity index (χ0v) is 24.3. The van der Waals surface area contributed by atoms with Gasteiger partial charge in [0.15, 0.2) is 0 Å². The summed E-state index contributed by atoms with van der Waals surface area (Å²) in [5.41, 5.74) is 0.701. The Morgan fingerprint density at radius 1 is 0.650 bits per heavy atom. The van der Waals surface area contributed by atoms with Crippen LogP contribution in [0.5, 0.6) is 11.5 Å². The van der Waals surface area contributed by atoms with Gasteiger partial charge in [-0.25, -0.2) is 4.79 Å². The van der Waals surface area contributed by atoms with Crippen molar-refractivity contribution >= 4 is 50.9 Å². The number of esters is 1. The van der Waals surface area contributed by atoms with Crippen LogP contribution in [0.25, 0.3) is 0 Å². The Balaban J connectivity index is 1.65. The molecule has 0 saturated heterocycles. The van der Waals surface area contributed by atoms with Crippen molar-refractivity contribution in [2.75, 3.05) is 13.3 Å². The molecule has 5 aromatic carbocycles. The van der Waals surface area contributed by atoms with Gasteiger partial charge in [0, 0.05) is 6.07 Å². The highest BCUT2D eigenvalue weighted by Gasteiger charge is 2.47. The summed E-state index contributed by atoms with van der Waals surface area (Å²) in [5.74, 6) is -0.0628. The van der Waals surface area contributed by atoms with E-state index in [9.17, 15) is 9.59 Å². The van der Waals surface area contributed by atoms with Gasteiger partial charge in [-0.15, -0.1) is 0 Å². The summed E-state index contributed by atoms with van der Waals surface area (Å²) in [4.78, 5) is 27.5. The van der Waals surface area contributed by atoms with Gasteiger partial charge in [0.2, 0.25) is 5.78 Å². The van der Waals surface area contributed by atoms with E-state index in [2.05, 4.69) is 52.3 Å². The molecule has 4 nitrogen and oxygen atoms in total. The van der Waals surface area contributed by atoms with E-state index in [0.29, 0.717) is 21.3 Å². The molecule has 0 radical (unpaired) electrons. The molecule has 0 aliphatic carbocycles. The zero-order chi connectivity index (χ0) is 28.0. The molecule has 0 aliphatic rings. The van der Waals surface area contributed by atoms with Gasteiger partial charge in [0.05, 0.1) is 22.7 Å². The van der Waals surface area contributed by atoms with Crippen molar-refractivity contribution in [3.05, 3.63) is 149 Å². The summed E-state index contributed by atoms with van der Waals surface area (Å²) in [6, 6.07) is 42.6. The number of Topliss-reactive ketones (excluding diaryl/α,β-unsaturated/α-hetero) is 1. The first-order valence-corrected chi connectivity index (χ1v) is 15.5. The molecule has 0 unspecified atom stereocenters. The maximum atomic E-state index is 14.4. The molecule has 198 valence electrons. The highest BCUT2D eigenvalue weighted by atomic mass is 79.9. The van der Waals surface area contributed by atoms with Crippen LogP contribution in [0.1, 0.15) is 20.7 Å². The second-order valence-corrected chi connectivity index (χ2v) is 13.5. The number of carbonyl (C=O) groups is 2. The van der Waals surface area contributed by atoms with E-state index in [4.69, 9.17) is 9.47 Å². The third-order valence-electron chi connectivity index (χ3n) is 6.74. The second kappa shape index (κ2) is 12.4. The highest BCUT2D eigenvalue weighted by molar-refractivity contribution is 9.10. The molecule has 0 bridgehead atoms. The Morgan fingerprint density at radius 2 is 1.10 bits per heavy atom. The first-order chi connectivity index (χ1) is 19.5. The van der Waals surface area contributed by atoms with Gasteiger partial charge >= 0.3 is 5.97 Å². The van der Waals surface area contributed by atoms with Crippen LogP contribution >= 0.6 is 23.2 Å². The number of ketones is 1. The lowest BCUT2D eigenvalue weighted by Gasteiger charge is -2.27. The number of rotatable bonds is 9. The zero-order valence-electron chi connectivity index (χ0n) is 21.9. The van der Waals surface area contributed by atoms with Gasteiger partial charge in [-0.3, -0.25) is 4.79 Å². The minimum Gasteiger partial charge on any atom is -0.495 e. The van der Waals surface area contributed by atoms with E-state index in [1.165, 1.54) is 7.11 Å². The van der Waals surface area contributed by atoms with Crippen molar-refractivity contribution in [2.45, 2.75) is 0 Å². The molecule has 40 heavy (non-hydrogen) atoms. The second-order valence-electron chi connectivity index (χ2n) is 9.14. The Kier molecular flexibility index (Phi) is 8.54. The van der Waals surface area contributed by atoms with E-state index in [0.717, 1.165) is 15.9 Å². The number of methoxy groups -OCH3 is 1. The van der Waals surface area contributed by atoms with Crippen LogP contribution in [0.2, 0.25) is 0 Å². The average Bonchev–Trinajstić information content (AvgIpc) is 3.02. The quantitative estimate of drug-likeness (QED) is 0.0793. The lowest BCUT2D eigenvalue weighted by molar-refractivity contribution is 0.0732. The van der Waals surface area contributed by atoms with Gasteiger partial charge in [-0.2, -0.15) is 0 Å².